The first-order chi connectivity index (χ1) is 15.0. The van der Waals surface area contributed by atoms with Crippen LogP contribution in [0.2, 0.25) is 0 Å². The summed E-state index contributed by atoms with van der Waals surface area (Å²) in [5.41, 5.74) is 1.08. The van der Waals surface area contributed by atoms with E-state index >= 15 is 0 Å². The summed E-state index contributed by atoms with van der Waals surface area (Å²) in [7, 11) is -0.161. The number of carbonyl (C=O) groups is 1. The van der Waals surface area contributed by atoms with E-state index in [-0.39, 0.29) is 18.7 Å². The second-order valence-corrected chi connectivity index (χ2v) is 8.37. The lowest BCUT2D eigenvalue weighted by molar-refractivity contribution is 0.229. The van der Waals surface area contributed by atoms with E-state index in [0.29, 0.717) is 22.8 Å². The molecule has 0 saturated heterocycles. The van der Waals surface area contributed by atoms with E-state index in [9.17, 15) is 17.8 Å². The van der Waals surface area contributed by atoms with Gasteiger partial charge in [-0.05, 0) is 48.4 Å². The molecule has 1 unspecified atom stereocenters. The molecule has 0 aromatic heterocycles. The van der Waals surface area contributed by atoms with E-state index < -0.39 is 28.7 Å². The molecular weight excluding hydrogens is 422 g/mol. The molecule has 5 nitrogen and oxygen atoms in total. The van der Waals surface area contributed by atoms with Gasteiger partial charge in [0.15, 0.2) is 11.0 Å². The molecule has 4 rings (SSSR count). The number of anilines is 1. The lowest BCUT2D eigenvalue weighted by Crippen LogP contribution is -2.48. The largest absolute Gasteiger partial charge is 0.497 e. The van der Waals surface area contributed by atoms with Gasteiger partial charge in [0.25, 0.3) is 0 Å². The van der Waals surface area contributed by atoms with Crippen molar-refractivity contribution >= 4 is 22.7 Å². The Balaban J connectivity index is 1.65. The fraction of sp³-hybridized carbons (Fsp3) is 0.174. The molecule has 0 saturated carbocycles. The third-order valence-electron chi connectivity index (χ3n) is 5.10. The molecule has 1 heterocycles. The number of fused-ring (bicyclic) bond motifs is 1. The first-order valence-corrected chi connectivity index (χ1v) is 10.8. The fourth-order valence-corrected chi connectivity index (χ4v) is 4.77. The highest BCUT2D eigenvalue weighted by molar-refractivity contribution is 7.83. The van der Waals surface area contributed by atoms with E-state index in [2.05, 4.69) is 0 Å². The lowest BCUT2D eigenvalue weighted by atomic mass is 10.1. The van der Waals surface area contributed by atoms with Crippen molar-refractivity contribution in [2.45, 2.75) is 17.9 Å². The van der Waals surface area contributed by atoms with Crippen LogP contribution in [-0.4, -0.2) is 28.2 Å². The standard InChI is InChI=1S/C23H20F2N2O3S/c1-30-17-7-4-6-16(14-17)12-13-27-23(28)26(15-18-19(24)8-5-9-20(18)25)21-10-2-3-11-22(21)31(27)29/h2-11,14H,12-13,15H2,1H3. The maximum atomic E-state index is 14.3. The van der Waals surface area contributed by atoms with Gasteiger partial charge in [-0.2, -0.15) is 0 Å². The molecule has 1 aliphatic rings. The molecule has 1 atom stereocenters. The van der Waals surface area contributed by atoms with E-state index in [1.165, 1.54) is 15.3 Å². The van der Waals surface area contributed by atoms with E-state index in [1.54, 1.807) is 31.4 Å². The van der Waals surface area contributed by atoms with Crippen LogP contribution in [0.15, 0.2) is 71.6 Å². The van der Waals surface area contributed by atoms with Crippen molar-refractivity contribution in [2.75, 3.05) is 18.6 Å². The monoisotopic (exact) mass is 442 g/mol. The second kappa shape index (κ2) is 8.85. The highest BCUT2D eigenvalue weighted by Crippen LogP contribution is 2.33. The van der Waals surface area contributed by atoms with E-state index in [1.807, 2.05) is 24.3 Å². The Labute approximate surface area is 181 Å². The van der Waals surface area contributed by atoms with Gasteiger partial charge in [-0.3, -0.25) is 4.90 Å². The summed E-state index contributed by atoms with van der Waals surface area (Å²) in [5, 5.41) is 0. The minimum absolute atomic E-state index is 0.170. The van der Waals surface area contributed by atoms with Gasteiger partial charge >= 0.3 is 6.03 Å². The molecule has 0 radical (unpaired) electrons. The number of urea groups is 1. The number of para-hydroxylation sites is 1. The summed E-state index contributed by atoms with van der Waals surface area (Å²) in [6.45, 7) is -0.135. The van der Waals surface area contributed by atoms with Gasteiger partial charge in [-0.25, -0.2) is 22.1 Å². The number of ether oxygens (including phenoxy) is 1. The van der Waals surface area contributed by atoms with Crippen molar-refractivity contribution in [3.05, 3.63) is 89.5 Å². The number of hydrogen-bond donors (Lipinski definition) is 0. The number of methoxy groups -OCH3 is 1. The molecule has 1 aliphatic heterocycles. The molecule has 8 heteroatoms. The SMILES string of the molecule is COc1cccc(CCN2C(=O)N(Cc3c(F)cccc3F)c3ccccc3S2=O)c1. The van der Waals surface area contributed by atoms with E-state index in [4.69, 9.17) is 4.74 Å². The minimum atomic E-state index is -1.73. The predicted octanol–water partition coefficient (Wildman–Crippen LogP) is 4.68. The average molecular weight is 442 g/mol. The third kappa shape index (κ3) is 4.16. The second-order valence-electron chi connectivity index (χ2n) is 6.99. The van der Waals surface area contributed by atoms with Crippen molar-refractivity contribution < 1.29 is 22.5 Å². The molecule has 0 fully saturated rings. The Bertz CT molecular complexity index is 1130. The first kappa shape index (κ1) is 21.0. The molecule has 0 bridgehead atoms. The first-order valence-electron chi connectivity index (χ1n) is 9.65. The van der Waals surface area contributed by atoms with Gasteiger partial charge in [0.2, 0.25) is 0 Å². The van der Waals surface area contributed by atoms with Crippen molar-refractivity contribution in [1.82, 2.24) is 4.31 Å². The molecule has 31 heavy (non-hydrogen) atoms. The zero-order valence-corrected chi connectivity index (χ0v) is 17.6. The van der Waals surface area contributed by atoms with Gasteiger partial charge in [-0.15, -0.1) is 0 Å². The molecule has 2 amide bonds. The van der Waals surface area contributed by atoms with Crippen LogP contribution < -0.4 is 9.64 Å². The highest BCUT2D eigenvalue weighted by Gasteiger charge is 2.36. The van der Waals surface area contributed by atoms with Crippen LogP contribution in [0, 0.1) is 11.6 Å². The number of rotatable bonds is 6. The zero-order chi connectivity index (χ0) is 22.0. The van der Waals surface area contributed by atoms with Crippen LogP contribution in [0.25, 0.3) is 0 Å². The minimum Gasteiger partial charge on any atom is -0.497 e. The molecule has 160 valence electrons. The smallest absolute Gasteiger partial charge is 0.336 e. The highest BCUT2D eigenvalue weighted by atomic mass is 32.2. The Morgan fingerprint density at radius 1 is 0.968 bits per heavy atom. The van der Waals surface area contributed by atoms with Crippen LogP contribution in [-0.2, 0) is 24.0 Å². The number of nitrogens with zero attached hydrogens (tertiary/aromatic N) is 2. The Morgan fingerprint density at radius 2 is 1.68 bits per heavy atom. The quantitative estimate of drug-likeness (QED) is 0.557. The van der Waals surface area contributed by atoms with Crippen LogP contribution in [0.1, 0.15) is 11.1 Å². The maximum absolute atomic E-state index is 14.3. The van der Waals surface area contributed by atoms with Crippen molar-refractivity contribution in [1.29, 1.82) is 0 Å². The topological polar surface area (TPSA) is 49.9 Å². The number of amides is 2. The van der Waals surface area contributed by atoms with Crippen LogP contribution in [0.5, 0.6) is 5.75 Å². The molecule has 0 spiro atoms. The maximum Gasteiger partial charge on any atom is 0.336 e. The number of hydrogen-bond acceptors (Lipinski definition) is 3. The summed E-state index contributed by atoms with van der Waals surface area (Å²) in [6, 6.07) is 17.1. The molecule has 0 aliphatic carbocycles. The number of benzene rings is 3. The van der Waals surface area contributed by atoms with Gasteiger partial charge in [0.05, 0.1) is 24.2 Å². The Kier molecular flexibility index (Phi) is 5.99. The normalized spacial score (nSPS) is 15.7. The van der Waals surface area contributed by atoms with Crippen molar-refractivity contribution in [2.24, 2.45) is 0 Å². The van der Waals surface area contributed by atoms with Gasteiger partial charge in [-0.1, -0.05) is 30.3 Å². The zero-order valence-electron chi connectivity index (χ0n) is 16.8. The molecular formula is C23H20F2N2O3S. The summed E-state index contributed by atoms with van der Waals surface area (Å²) >= 11 is 0. The molecule has 3 aromatic carbocycles. The summed E-state index contributed by atoms with van der Waals surface area (Å²) in [6.07, 6.45) is 0.443. The van der Waals surface area contributed by atoms with Gasteiger partial charge in [0, 0.05) is 12.1 Å². The van der Waals surface area contributed by atoms with Gasteiger partial charge in [0.1, 0.15) is 17.4 Å². The van der Waals surface area contributed by atoms with Crippen LogP contribution in [0.4, 0.5) is 19.3 Å². The Morgan fingerprint density at radius 3 is 2.42 bits per heavy atom. The van der Waals surface area contributed by atoms with Gasteiger partial charge < -0.3 is 4.74 Å². The fourth-order valence-electron chi connectivity index (χ4n) is 3.49. The summed E-state index contributed by atoms with van der Waals surface area (Å²) < 4.78 is 48.1. The van der Waals surface area contributed by atoms with Crippen LogP contribution >= 0.6 is 0 Å². The predicted molar refractivity (Wildman–Crippen MR) is 114 cm³/mol. The number of carbonyl (C=O) groups excluding carboxylic acids is 1. The third-order valence-corrected chi connectivity index (χ3v) is 6.56. The van der Waals surface area contributed by atoms with Crippen LogP contribution in [0.3, 0.4) is 0 Å². The van der Waals surface area contributed by atoms with E-state index in [0.717, 1.165) is 17.7 Å². The van der Waals surface area contributed by atoms with Crippen molar-refractivity contribution in [3.63, 3.8) is 0 Å². The Hall–Kier alpha value is -3.26. The van der Waals surface area contributed by atoms with Crippen molar-refractivity contribution in [3.8, 4) is 5.75 Å². The molecule has 0 N–H and O–H groups in total. The molecule has 3 aromatic rings. The number of halogens is 2. The lowest BCUT2D eigenvalue weighted by Gasteiger charge is -2.36. The average Bonchev–Trinajstić information content (AvgIpc) is 2.78. The summed E-state index contributed by atoms with van der Waals surface area (Å²) in [5.74, 6) is -0.787. The summed E-state index contributed by atoms with van der Waals surface area (Å²) in [4.78, 5) is 14.9.